The topological polar surface area (TPSA) is 59.8 Å². The quantitative estimate of drug-likeness (QED) is 0.757. The minimum Gasteiger partial charge on any atom is -0.311 e. The number of hydrogen-bond donors (Lipinski definition) is 1. The number of benzene rings is 1. The molecule has 0 bridgehead atoms. The Kier molecular flexibility index (Phi) is 4.13. The second kappa shape index (κ2) is 6.44. The van der Waals surface area contributed by atoms with Crippen molar-refractivity contribution in [1.82, 2.24) is 14.8 Å². The van der Waals surface area contributed by atoms with Crippen molar-refractivity contribution < 1.29 is 4.79 Å². The van der Waals surface area contributed by atoms with E-state index in [0.29, 0.717) is 5.69 Å². The summed E-state index contributed by atoms with van der Waals surface area (Å²) in [6.07, 6.45) is 5.04. The van der Waals surface area contributed by atoms with E-state index in [0.717, 1.165) is 28.0 Å². The number of aryl methyl sites for hydroxylation is 2. The highest BCUT2D eigenvalue weighted by molar-refractivity contribution is 7.16. The molecule has 25 heavy (non-hydrogen) atoms. The molecule has 6 heteroatoms. The summed E-state index contributed by atoms with van der Waals surface area (Å²) < 4.78 is 1.57. The molecule has 1 aromatic carbocycles. The zero-order chi connectivity index (χ0) is 17.4. The lowest BCUT2D eigenvalue weighted by Crippen LogP contribution is -2.15. The third-order valence-electron chi connectivity index (χ3n) is 4.48. The first-order valence-electron chi connectivity index (χ1n) is 8.44. The summed E-state index contributed by atoms with van der Waals surface area (Å²) in [7, 11) is 1.76. The summed E-state index contributed by atoms with van der Waals surface area (Å²) in [5, 5.41) is 8.81. The first-order chi connectivity index (χ1) is 12.1. The number of aromatic nitrogens is 3. The van der Waals surface area contributed by atoms with Crippen LogP contribution in [0, 0.1) is 6.92 Å². The molecule has 0 saturated heterocycles. The molecule has 1 aliphatic carbocycles. The van der Waals surface area contributed by atoms with Crippen LogP contribution in [-0.4, -0.2) is 20.7 Å². The molecule has 0 atom stereocenters. The van der Waals surface area contributed by atoms with E-state index in [2.05, 4.69) is 39.7 Å². The highest BCUT2D eigenvalue weighted by Crippen LogP contribution is 2.40. The molecule has 1 saturated carbocycles. The lowest BCUT2D eigenvalue weighted by atomic mass is 10.1. The molecule has 3 aromatic rings. The SMILES string of the molecule is Cc1nc(Cc2cccc(C3CC3)c2)sc1NC(=O)c1ccnn1C. The summed E-state index contributed by atoms with van der Waals surface area (Å²) in [6.45, 7) is 1.93. The molecule has 0 spiro atoms. The Morgan fingerprint density at radius 3 is 2.92 bits per heavy atom. The van der Waals surface area contributed by atoms with Gasteiger partial charge in [-0.2, -0.15) is 5.10 Å². The highest BCUT2D eigenvalue weighted by Gasteiger charge is 2.23. The Hall–Kier alpha value is -2.47. The van der Waals surface area contributed by atoms with E-state index in [1.807, 2.05) is 6.92 Å². The lowest BCUT2D eigenvalue weighted by Gasteiger charge is -2.03. The Morgan fingerprint density at radius 1 is 1.36 bits per heavy atom. The van der Waals surface area contributed by atoms with Gasteiger partial charge >= 0.3 is 0 Å². The van der Waals surface area contributed by atoms with Crippen LogP contribution in [0.3, 0.4) is 0 Å². The highest BCUT2D eigenvalue weighted by atomic mass is 32.1. The number of carbonyl (C=O) groups excluding carboxylic acids is 1. The number of carbonyl (C=O) groups is 1. The Balaban J connectivity index is 1.49. The van der Waals surface area contributed by atoms with Crippen LogP contribution in [-0.2, 0) is 13.5 Å². The molecule has 2 aromatic heterocycles. The smallest absolute Gasteiger partial charge is 0.274 e. The van der Waals surface area contributed by atoms with Gasteiger partial charge in [-0.05, 0) is 42.9 Å². The van der Waals surface area contributed by atoms with Crippen molar-refractivity contribution in [2.24, 2.45) is 7.05 Å². The van der Waals surface area contributed by atoms with E-state index in [1.54, 1.807) is 35.3 Å². The zero-order valence-corrected chi connectivity index (χ0v) is 15.1. The maximum absolute atomic E-state index is 12.3. The summed E-state index contributed by atoms with van der Waals surface area (Å²) in [5.74, 6) is 0.598. The van der Waals surface area contributed by atoms with Crippen LogP contribution in [0.25, 0.3) is 0 Å². The number of rotatable bonds is 5. The van der Waals surface area contributed by atoms with Crippen LogP contribution in [0.4, 0.5) is 5.00 Å². The maximum Gasteiger partial charge on any atom is 0.274 e. The Morgan fingerprint density at radius 2 is 2.20 bits per heavy atom. The van der Waals surface area contributed by atoms with Crippen molar-refractivity contribution in [3.8, 4) is 0 Å². The van der Waals surface area contributed by atoms with Crippen LogP contribution < -0.4 is 5.32 Å². The molecule has 128 valence electrons. The van der Waals surface area contributed by atoms with Crippen molar-refractivity contribution in [2.45, 2.75) is 32.1 Å². The third-order valence-corrected chi connectivity index (χ3v) is 5.55. The summed E-state index contributed by atoms with van der Waals surface area (Å²) >= 11 is 1.54. The number of amides is 1. The predicted molar refractivity (Wildman–Crippen MR) is 99.2 cm³/mol. The summed E-state index contributed by atoms with van der Waals surface area (Å²) in [6, 6.07) is 10.5. The summed E-state index contributed by atoms with van der Waals surface area (Å²) in [5.41, 5.74) is 4.11. The Labute approximate surface area is 150 Å². The maximum atomic E-state index is 12.3. The van der Waals surface area contributed by atoms with Crippen LogP contribution in [0.2, 0.25) is 0 Å². The molecule has 0 aliphatic heterocycles. The van der Waals surface area contributed by atoms with Crippen molar-refractivity contribution >= 4 is 22.2 Å². The third kappa shape index (κ3) is 3.49. The van der Waals surface area contributed by atoms with E-state index < -0.39 is 0 Å². The second-order valence-electron chi connectivity index (χ2n) is 6.51. The predicted octanol–water partition coefficient (Wildman–Crippen LogP) is 3.91. The van der Waals surface area contributed by atoms with E-state index in [-0.39, 0.29) is 5.91 Å². The van der Waals surface area contributed by atoms with Gasteiger partial charge in [-0.1, -0.05) is 24.3 Å². The number of hydrogen-bond acceptors (Lipinski definition) is 4. The van der Waals surface area contributed by atoms with Gasteiger partial charge in [-0.3, -0.25) is 9.48 Å². The van der Waals surface area contributed by atoms with Crippen molar-refractivity contribution in [1.29, 1.82) is 0 Å². The molecule has 0 unspecified atom stereocenters. The average Bonchev–Trinajstić information content (AvgIpc) is 3.27. The van der Waals surface area contributed by atoms with Gasteiger partial charge in [0.2, 0.25) is 0 Å². The van der Waals surface area contributed by atoms with Gasteiger partial charge in [0, 0.05) is 19.7 Å². The van der Waals surface area contributed by atoms with E-state index in [9.17, 15) is 4.79 Å². The van der Waals surface area contributed by atoms with Gasteiger partial charge in [-0.25, -0.2) is 4.98 Å². The molecule has 4 rings (SSSR count). The van der Waals surface area contributed by atoms with E-state index in [1.165, 1.54) is 24.0 Å². The molecular formula is C19H20N4OS. The summed E-state index contributed by atoms with van der Waals surface area (Å²) in [4.78, 5) is 17.0. The van der Waals surface area contributed by atoms with Gasteiger partial charge in [-0.15, -0.1) is 11.3 Å². The number of anilines is 1. The molecular weight excluding hydrogens is 332 g/mol. The van der Waals surface area contributed by atoms with Gasteiger partial charge in [0.25, 0.3) is 5.91 Å². The number of thiazole rings is 1. The number of nitrogens with one attached hydrogen (secondary N) is 1. The standard InChI is InChI=1S/C19H20N4OS/c1-12-19(22-18(24)16-8-9-20-23(16)2)25-17(21-12)11-13-4-3-5-15(10-13)14-6-7-14/h3-5,8-10,14H,6-7,11H2,1-2H3,(H,22,24). The normalized spacial score (nSPS) is 13.8. The van der Waals surface area contributed by atoms with Gasteiger partial charge in [0.05, 0.1) is 10.7 Å². The van der Waals surface area contributed by atoms with Crippen LogP contribution in [0.5, 0.6) is 0 Å². The minimum absolute atomic E-state index is 0.158. The largest absolute Gasteiger partial charge is 0.311 e. The molecule has 0 radical (unpaired) electrons. The van der Waals surface area contributed by atoms with Crippen LogP contribution >= 0.6 is 11.3 Å². The van der Waals surface area contributed by atoms with Gasteiger partial charge in [0.15, 0.2) is 0 Å². The van der Waals surface area contributed by atoms with Crippen molar-refractivity contribution in [3.05, 3.63) is 64.1 Å². The van der Waals surface area contributed by atoms with Crippen LogP contribution in [0.1, 0.15) is 51.1 Å². The molecule has 1 aliphatic rings. The molecule has 5 nitrogen and oxygen atoms in total. The van der Waals surface area contributed by atoms with Gasteiger partial charge in [0.1, 0.15) is 10.7 Å². The van der Waals surface area contributed by atoms with Crippen molar-refractivity contribution in [3.63, 3.8) is 0 Å². The van der Waals surface area contributed by atoms with Crippen molar-refractivity contribution in [2.75, 3.05) is 5.32 Å². The Bertz CT molecular complexity index is 923. The first kappa shape index (κ1) is 16.0. The first-order valence-corrected chi connectivity index (χ1v) is 9.26. The lowest BCUT2D eigenvalue weighted by molar-refractivity contribution is 0.101. The fourth-order valence-electron chi connectivity index (χ4n) is 2.96. The van der Waals surface area contributed by atoms with Crippen LogP contribution in [0.15, 0.2) is 36.5 Å². The second-order valence-corrected chi connectivity index (χ2v) is 7.60. The van der Waals surface area contributed by atoms with E-state index in [4.69, 9.17) is 0 Å². The fraction of sp³-hybridized carbons (Fsp3) is 0.316. The molecule has 1 amide bonds. The zero-order valence-electron chi connectivity index (χ0n) is 14.3. The molecule has 1 fully saturated rings. The van der Waals surface area contributed by atoms with Gasteiger partial charge < -0.3 is 5.32 Å². The minimum atomic E-state index is -0.158. The number of nitrogens with zero attached hydrogens (tertiary/aromatic N) is 3. The molecule has 1 N–H and O–H groups in total. The van der Waals surface area contributed by atoms with E-state index >= 15 is 0 Å². The molecule has 2 heterocycles. The monoisotopic (exact) mass is 352 g/mol. The average molecular weight is 352 g/mol. The fourth-order valence-corrected chi connectivity index (χ4v) is 3.95.